The molecule has 2 amide bonds. The highest BCUT2D eigenvalue weighted by atomic mass is 33.1. The fraction of sp³-hybridized carbons (Fsp3) is 0.296. The van der Waals surface area contributed by atoms with E-state index in [1.807, 2.05) is 0 Å². The number of piperazine rings is 1. The molecule has 212 valence electrons. The number of ether oxygens (including phenoxy) is 4. The normalized spacial score (nSPS) is 33.2. The van der Waals surface area contributed by atoms with Crippen LogP contribution in [0.5, 0.6) is 23.0 Å². The van der Waals surface area contributed by atoms with Gasteiger partial charge in [0.05, 0.1) is 25.2 Å². The van der Waals surface area contributed by atoms with Crippen molar-refractivity contribution >= 4 is 39.4 Å². The highest BCUT2D eigenvalue weighted by molar-refractivity contribution is 8.78. The molecule has 6 aliphatic heterocycles. The summed E-state index contributed by atoms with van der Waals surface area (Å²) in [5, 5.41) is 34.0. The van der Waals surface area contributed by atoms with E-state index in [-0.39, 0.29) is 39.7 Å². The number of amides is 2. The van der Waals surface area contributed by atoms with Gasteiger partial charge in [-0.15, -0.1) is 0 Å². The van der Waals surface area contributed by atoms with Crippen molar-refractivity contribution in [2.45, 2.75) is 34.1 Å². The van der Waals surface area contributed by atoms with Crippen molar-refractivity contribution in [2.24, 2.45) is 0 Å². The Hall–Kier alpha value is -3.85. The number of nitrogens with zero attached hydrogens (tertiary/aromatic N) is 2. The number of hydrogen-bond donors (Lipinski definition) is 3. The number of aliphatic hydroxyl groups excluding tert-OH is 2. The highest BCUT2D eigenvalue weighted by Gasteiger charge is 2.78. The summed E-state index contributed by atoms with van der Waals surface area (Å²) in [6, 6.07) is 7.26. The van der Waals surface area contributed by atoms with E-state index in [4.69, 9.17) is 18.9 Å². The molecule has 6 aliphatic rings. The van der Waals surface area contributed by atoms with Crippen molar-refractivity contribution in [3.63, 3.8) is 0 Å². The lowest BCUT2D eigenvalue weighted by Gasteiger charge is -2.60. The van der Waals surface area contributed by atoms with Gasteiger partial charge in [0.2, 0.25) is 9.74 Å². The molecule has 0 aliphatic carbocycles. The van der Waals surface area contributed by atoms with E-state index in [1.165, 1.54) is 74.1 Å². The predicted molar refractivity (Wildman–Crippen MR) is 144 cm³/mol. The van der Waals surface area contributed by atoms with Gasteiger partial charge in [-0.05, 0) is 63.6 Å². The largest absolute Gasteiger partial charge is 0.504 e. The van der Waals surface area contributed by atoms with Crippen LogP contribution in [-0.2, 0) is 19.1 Å². The number of phenols is 1. The van der Waals surface area contributed by atoms with E-state index in [2.05, 4.69) is 0 Å². The standard InChI is InChI=1S/C27H22N2O10S2/c1-28-24(34)27-22(32)14-11-37-8-7-17-20(14)29(27)25(35)26(28,40-41-27)21(31)12-3-5-15(30)18(9-12)38-19-10-13(23(33)39-17)4-6-16(19)36-2/h3-11,17,20-22,30-32H,1-2H3/t17-,20-,21-,22+,26?,27+/m0/s1. The first-order valence-corrected chi connectivity index (χ1v) is 14.6. The highest BCUT2D eigenvalue weighted by Crippen LogP contribution is 2.67. The molecule has 2 spiro atoms. The van der Waals surface area contributed by atoms with Crippen LogP contribution in [0, 0.1) is 0 Å². The number of methoxy groups -OCH3 is 1. The Bertz CT molecular complexity index is 1600. The molecule has 6 heterocycles. The summed E-state index contributed by atoms with van der Waals surface area (Å²) in [5.41, 5.74) is 0.396. The molecule has 0 saturated carbocycles. The Morgan fingerprint density at radius 1 is 0.976 bits per heavy atom. The first-order valence-electron chi connectivity index (χ1n) is 12.4. The SMILES string of the molecule is COc1ccc2cc1Oc1cc(ccc1O)[C@H](O)C13SS[C@@]4(C(=O)N1C)[C@H](O)C1=COC=C[C@H](OC2=O)[C@H]1N4C3=O. The molecule has 1 unspecified atom stereocenters. The summed E-state index contributed by atoms with van der Waals surface area (Å²) in [7, 11) is 4.70. The number of likely N-dealkylation sites (N-methyl/N-ethyl adjacent to an activating group) is 1. The molecule has 7 bridgehead atoms. The molecule has 6 atom stereocenters. The van der Waals surface area contributed by atoms with Gasteiger partial charge in [-0.3, -0.25) is 9.59 Å². The number of phenolic OH excluding ortho intramolecular Hbond substituents is 1. The van der Waals surface area contributed by atoms with Crippen LogP contribution >= 0.6 is 21.6 Å². The number of hydrogen-bond acceptors (Lipinski definition) is 12. The van der Waals surface area contributed by atoms with Crippen LogP contribution in [0.2, 0.25) is 0 Å². The number of carbonyl (C=O) groups is 3. The fourth-order valence-corrected chi connectivity index (χ4v) is 9.76. The minimum absolute atomic E-state index is 0.0624. The Morgan fingerprint density at radius 2 is 1.76 bits per heavy atom. The molecule has 12 nitrogen and oxygen atoms in total. The third-order valence-electron chi connectivity index (χ3n) is 7.99. The molecule has 14 heteroatoms. The number of fused-ring (bicyclic) bond motifs is 6. The quantitative estimate of drug-likeness (QED) is 0.325. The van der Waals surface area contributed by atoms with Crippen molar-refractivity contribution in [2.75, 3.05) is 14.2 Å². The molecule has 8 rings (SSSR count). The molecule has 0 aromatic heterocycles. The van der Waals surface area contributed by atoms with E-state index in [0.29, 0.717) is 0 Å². The average Bonchev–Trinajstić information content (AvgIpc) is 3.07. The monoisotopic (exact) mass is 598 g/mol. The molecular weight excluding hydrogens is 576 g/mol. The molecule has 4 fully saturated rings. The molecule has 4 saturated heterocycles. The summed E-state index contributed by atoms with van der Waals surface area (Å²) in [4.78, 5) is 40.7. The summed E-state index contributed by atoms with van der Waals surface area (Å²) in [6.07, 6.45) is -0.351. The number of esters is 1. The van der Waals surface area contributed by atoms with Gasteiger partial charge in [0.1, 0.15) is 24.4 Å². The molecule has 2 aromatic rings. The van der Waals surface area contributed by atoms with Crippen LogP contribution in [-0.4, -0.2) is 85.1 Å². The topological polar surface area (TPSA) is 155 Å². The lowest BCUT2D eigenvalue weighted by molar-refractivity contribution is -0.175. The second-order valence-electron chi connectivity index (χ2n) is 10.00. The van der Waals surface area contributed by atoms with Gasteiger partial charge < -0.3 is 44.1 Å². The lowest BCUT2D eigenvalue weighted by Crippen LogP contribution is -2.79. The van der Waals surface area contributed by atoms with Gasteiger partial charge in [0.25, 0.3) is 11.8 Å². The summed E-state index contributed by atoms with van der Waals surface area (Å²) in [6.45, 7) is 0. The van der Waals surface area contributed by atoms with Gasteiger partial charge in [-0.2, -0.15) is 0 Å². The molecule has 0 radical (unpaired) electrons. The third kappa shape index (κ3) is 3.24. The van der Waals surface area contributed by atoms with Crippen LogP contribution < -0.4 is 9.47 Å². The van der Waals surface area contributed by atoms with Gasteiger partial charge in [0.15, 0.2) is 23.0 Å². The summed E-state index contributed by atoms with van der Waals surface area (Å²) < 4.78 is 22.6. The van der Waals surface area contributed by atoms with Crippen LogP contribution in [0.4, 0.5) is 0 Å². The second kappa shape index (κ2) is 8.82. The van der Waals surface area contributed by atoms with Crippen LogP contribution in [0.1, 0.15) is 22.0 Å². The smallest absolute Gasteiger partial charge is 0.338 e. The maximum Gasteiger partial charge on any atom is 0.338 e. The van der Waals surface area contributed by atoms with Gasteiger partial charge in [0, 0.05) is 12.6 Å². The van der Waals surface area contributed by atoms with Crippen LogP contribution in [0.25, 0.3) is 0 Å². The van der Waals surface area contributed by atoms with E-state index in [1.54, 1.807) is 0 Å². The predicted octanol–water partition coefficient (Wildman–Crippen LogP) is 2.02. The van der Waals surface area contributed by atoms with E-state index in [9.17, 15) is 29.7 Å². The first kappa shape index (κ1) is 26.1. The van der Waals surface area contributed by atoms with Crippen molar-refractivity contribution in [3.05, 3.63) is 71.7 Å². The van der Waals surface area contributed by atoms with Crippen LogP contribution in [0.15, 0.2) is 60.6 Å². The number of aliphatic hydroxyl groups is 2. The molecule has 3 N–H and O–H groups in total. The van der Waals surface area contributed by atoms with E-state index >= 15 is 0 Å². The number of aromatic hydroxyl groups is 1. The fourth-order valence-electron chi connectivity index (χ4n) is 5.89. The Morgan fingerprint density at radius 3 is 2.54 bits per heavy atom. The Kier molecular flexibility index (Phi) is 5.61. The summed E-state index contributed by atoms with van der Waals surface area (Å²) in [5.74, 6) is -2.15. The molecule has 41 heavy (non-hydrogen) atoms. The zero-order chi connectivity index (χ0) is 28.8. The van der Waals surface area contributed by atoms with E-state index in [0.717, 1.165) is 26.5 Å². The Balaban J connectivity index is 1.49. The maximum absolute atomic E-state index is 14.5. The maximum atomic E-state index is 14.5. The lowest BCUT2D eigenvalue weighted by atomic mass is 9.93. The van der Waals surface area contributed by atoms with Crippen molar-refractivity contribution in [1.82, 2.24) is 9.80 Å². The summed E-state index contributed by atoms with van der Waals surface area (Å²) >= 11 is 0. The number of rotatable bonds is 1. The minimum atomic E-state index is -1.88. The van der Waals surface area contributed by atoms with E-state index < -0.39 is 51.9 Å². The zero-order valence-electron chi connectivity index (χ0n) is 21.4. The third-order valence-corrected chi connectivity index (χ3v) is 11.6. The zero-order valence-corrected chi connectivity index (χ0v) is 23.0. The van der Waals surface area contributed by atoms with Gasteiger partial charge in [-0.1, -0.05) is 6.07 Å². The number of carbonyl (C=O) groups excluding carboxylic acids is 3. The first-order chi connectivity index (χ1) is 19.6. The molecular formula is C27H22N2O10S2. The number of benzene rings is 2. The average molecular weight is 599 g/mol. The van der Waals surface area contributed by atoms with Gasteiger partial charge in [-0.25, -0.2) is 4.79 Å². The van der Waals surface area contributed by atoms with Gasteiger partial charge >= 0.3 is 5.97 Å². The van der Waals surface area contributed by atoms with Crippen molar-refractivity contribution in [3.8, 4) is 23.0 Å². The Labute approximate surface area is 240 Å². The van der Waals surface area contributed by atoms with Crippen molar-refractivity contribution < 1.29 is 48.7 Å². The molecule has 2 aromatic carbocycles. The van der Waals surface area contributed by atoms with Crippen molar-refractivity contribution in [1.29, 1.82) is 0 Å². The second-order valence-corrected chi connectivity index (χ2v) is 12.6. The minimum Gasteiger partial charge on any atom is -0.504 e. The van der Waals surface area contributed by atoms with Crippen LogP contribution in [0.3, 0.4) is 0 Å².